The molecule has 5 heteroatoms. The van der Waals surface area contributed by atoms with Gasteiger partial charge in [-0.15, -0.1) is 0 Å². The molecule has 1 atom stereocenters. The van der Waals surface area contributed by atoms with E-state index in [1.54, 1.807) is 29.2 Å². The van der Waals surface area contributed by atoms with Crippen LogP contribution in [0.1, 0.15) is 44.4 Å². The summed E-state index contributed by atoms with van der Waals surface area (Å²) < 4.78 is 19.6. The van der Waals surface area contributed by atoms with E-state index in [1.165, 1.54) is 12.1 Å². The van der Waals surface area contributed by atoms with Crippen LogP contribution in [0.3, 0.4) is 0 Å². The third kappa shape index (κ3) is 2.96. The second kappa shape index (κ2) is 6.91. The molecule has 1 aliphatic rings. The van der Waals surface area contributed by atoms with Crippen LogP contribution in [0.2, 0.25) is 0 Å². The number of anilines is 1. The van der Waals surface area contributed by atoms with Gasteiger partial charge in [-0.2, -0.15) is 0 Å². The highest BCUT2D eigenvalue weighted by Crippen LogP contribution is 2.41. The number of hydrogen-bond donors (Lipinski definition) is 0. The summed E-state index contributed by atoms with van der Waals surface area (Å²) in [5.74, 6) is -0.729. The fraction of sp³-hybridized carbons (Fsp3) is 0.154. The summed E-state index contributed by atoms with van der Waals surface area (Å²) in [6.07, 6.45) is 0. The average molecular weight is 413 g/mol. The van der Waals surface area contributed by atoms with Gasteiger partial charge in [-0.1, -0.05) is 29.8 Å². The molecule has 3 aromatic carbocycles. The zero-order chi connectivity index (χ0) is 21.9. The van der Waals surface area contributed by atoms with Gasteiger partial charge < -0.3 is 4.42 Å². The van der Waals surface area contributed by atoms with Crippen molar-refractivity contribution >= 4 is 22.6 Å². The second-order valence-electron chi connectivity index (χ2n) is 8.07. The fourth-order valence-electron chi connectivity index (χ4n) is 4.16. The SMILES string of the molecule is Cc1ccc(N2C(=O)c3oc4cc(C)c(C)cc4c(=O)c3C2c2ccc(F)cc2)cc1. The second-order valence-corrected chi connectivity index (χ2v) is 8.07. The number of benzene rings is 3. The van der Waals surface area contributed by atoms with Crippen molar-refractivity contribution in [1.82, 2.24) is 0 Å². The largest absolute Gasteiger partial charge is 0.450 e. The highest BCUT2D eigenvalue weighted by atomic mass is 19.1. The van der Waals surface area contributed by atoms with Crippen LogP contribution in [0.15, 0.2) is 69.9 Å². The maximum atomic E-state index is 13.6. The van der Waals surface area contributed by atoms with Crippen LogP contribution in [0.4, 0.5) is 10.1 Å². The van der Waals surface area contributed by atoms with Crippen LogP contribution in [0.5, 0.6) is 0 Å². The first-order valence-electron chi connectivity index (χ1n) is 10.1. The van der Waals surface area contributed by atoms with Crippen molar-refractivity contribution in [3.8, 4) is 0 Å². The summed E-state index contributed by atoms with van der Waals surface area (Å²) in [4.78, 5) is 28.7. The minimum absolute atomic E-state index is 0.0376. The first kappa shape index (κ1) is 19.2. The lowest BCUT2D eigenvalue weighted by Crippen LogP contribution is -2.29. The van der Waals surface area contributed by atoms with E-state index in [0.717, 1.165) is 16.7 Å². The monoisotopic (exact) mass is 413 g/mol. The predicted molar refractivity (Wildman–Crippen MR) is 118 cm³/mol. The molecule has 4 aromatic rings. The van der Waals surface area contributed by atoms with Gasteiger partial charge in [0.15, 0.2) is 5.43 Å². The van der Waals surface area contributed by atoms with E-state index in [1.807, 2.05) is 45.0 Å². The number of fused-ring (bicyclic) bond motifs is 2. The van der Waals surface area contributed by atoms with Crippen molar-refractivity contribution in [1.29, 1.82) is 0 Å². The van der Waals surface area contributed by atoms with Crippen LogP contribution in [-0.4, -0.2) is 5.91 Å². The van der Waals surface area contributed by atoms with E-state index in [-0.39, 0.29) is 28.5 Å². The minimum atomic E-state index is -0.701. The lowest BCUT2D eigenvalue weighted by Gasteiger charge is -2.25. The molecule has 5 rings (SSSR count). The van der Waals surface area contributed by atoms with E-state index >= 15 is 0 Å². The molecule has 0 saturated carbocycles. The molecular formula is C26H20FNO3. The van der Waals surface area contributed by atoms with Crippen LogP contribution in [0, 0.1) is 26.6 Å². The smallest absolute Gasteiger partial charge is 0.295 e. The molecule has 1 amide bonds. The number of carbonyl (C=O) groups excluding carboxylic acids is 1. The van der Waals surface area contributed by atoms with Crippen LogP contribution >= 0.6 is 0 Å². The van der Waals surface area contributed by atoms with Crippen molar-refractivity contribution in [3.05, 3.63) is 110 Å². The number of carbonyl (C=O) groups is 1. The molecule has 2 heterocycles. The normalized spacial score (nSPS) is 15.5. The van der Waals surface area contributed by atoms with E-state index in [4.69, 9.17) is 4.42 Å². The zero-order valence-corrected chi connectivity index (χ0v) is 17.4. The van der Waals surface area contributed by atoms with Gasteiger partial charge in [-0.05, 0) is 73.9 Å². The summed E-state index contributed by atoms with van der Waals surface area (Å²) in [6.45, 7) is 5.83. The Morgan fingerprint density at radius 3 is 2.19 bits per heavy atom. The topological polar surface area (TPSA) is 50.5 Å². The van der Waals surface area contributed by atoms with Gasteiger partial charge in [0.25, 0.3) is 5.91 Å². The predicted octanol–water partition coefficient (Wildman–Crippen LogP) is 5.61. The molecule has 1 aromatic heterocycles. The molecule has 0 aliphatic carbocycles. The molecule has 0 radical (unpaired) electrons. The van der Waals surface area contributed by atoms with Crippen molar-refractivity contribution in [2.75, 3.05) is 4.90 Å². The van der Waals surface area contributed by atoms with E-state index in [9.17, 15) is 14.0 Å². The molecule has 1 unspecified atom stereocenters. The van der Waals surface area contributed by atoms with Crippen molar-refractivity contribution in [2.24, 2.45) is 0 Å². The summed E-state index contributed by atoms with van der Waals surface area (Å²) >= 11 is 0. The lowest BCUT2D eigenvalue weighted by atomic mass is 9.97. The third-order valence-electron chi connectivity index (χ3n) is 5.98. The van der Waals surface area contributed by atoms with Crippen LogP contribution in [-0.2, 0) is 0 Å². The average Bonchev–Trinajstić information content (AvgIpc) is 3.04. The number of hydrogen-bond acceptors (Lipinski definition) is 3. The van der Waals surface area contributed by atoms with Gasteiger partial charge in [0, 0.05) is 5.69 Å². The summed E-state index contributed by atoms with van der Waals surface area (Å²) in [7, 11) is 0. The van der Waals surface area contributed by atoms with Gasteiger partial charge >= 0.3 is 0 Å². The molecule has 0 N–H and O–H groups in total. The fourth-order valence-corrected chi connectivity index (χ4v) is 4.16. The Hall–Kier alpha value is -3.73. The Bertz CT molecular complexity index is 1400. The third-order valence-corrected chi connectivity index (χ3v) is 5.98. The van der Waals surface area contributed by atoms with Crippen molar-refractivity contribution in [3.63, 3.8) is 0 Å². The first-order valence-corrected chi connectivity index (χ1v) is 10.1. The van der Waals surface area contributed by atoms with Crippen molar-refractivity contribution < 1.29 is 13.6 Å². The van der Waals surface area contributed by atoms with Gasteiger partial charge in [0.2, 0.25) is 5.76 Å². The molecule has 0 fully saturated rings. The first-order chi connectivity index (χ1) is 14.8. The van der Waals surface area contributed by atoms with E-state index in [0.29, 0.717) is 22.2 Å². The highest BCUT2D eigenvalue weighted by molar-refractivity contribution is 6.10. The van der Waals surface area contributed by atoms with Gasteiger partial charge in [0.1, 0.15) is 11.4 Å². The molecular weight excluding hydrogens is 393 g/mol. The Morgan fingerprint density at radius 1 is 0.871 bits per heavy atom. The standard InChI is InChI=1S/C26H20FNO3/c1-14-4-10-19(11-5-14)28-23(17-6-8-18(27)9-7-17)22-24(29)20-12-15(2)16(3)13-21(20)31-25(22)26(28)30/h4-13,23H,1-3H3. The minimum Gasteiger partial charge on any atom is -0.450 e. The molecule has 154 valence electrons. The summed E-state index contributed by atoms with van der Waals surface area (Å²) in [5, 5.41) is 0.438. The number of nitrogens with zero attached hydrogens (tertiary/aromatic N) is 1. The molecule has 0 saturated heterocycles. The maximum Gasteiger partial charge on any atom is 0.295 e. The Balaban J connectivity index is 1.82. The number of aryl methyl sites for hydroxylation is 3. The van der Waals surface area contributed by atoms with Crippen molar-refractivity contribution in [2.45, 2.75) is 26.8 Å². The lowest BCUT2D eigenvalue weighted by molar-refractivity contribution is 0.0971. The molecule has 4 nitrogen and oxygen atoms in total. The maximum absolute atomic E-state index is 13.6. The Labute approximate surface area is 178 Å². The number of halogens is 1. The molecule has 0 spiro atoms. The number of amides is 1. The van der Waals surface area contributed by atoms with Gasteiger partial charge in [-0.3, -0.25) is 14.5 Å². The summed E-state index contributed by atoms with van der Waals surface area (Å²) in [6, 6.07) is 16.3. The molecule has 31 heavy (non-hydrogen) atoms. The van der Waals surface area contributed by atoms with Gasteiger partial charge in [-0.25, -0.2) is 4.39 Å². The highest BCUT2D eigenvalue weighted by Gasteiger charge is 2.43. The van der Waals surface area contributed by atoms with Crippen LogP contribution in [0.25, 0.3) is 11.0 Å². The van der Waals surface area contributed by atoms with Gasteiger partial charge in [0.05, 0.1) is 17.0 Å². The van der Waals surface area contributed by atoms with E-state index in [2.05, 4.69) is 0 Å². The Morgan fingerprint density at radius 2 is 1.52 bits per heavy atom. The summed E-state index contributed by atoms with van der Waals surface area (Å²) in [5.41, 5.74) is 4.73. The molecule has 1 aliphatic heterocycles. The van der Waals surface area contributed by atoms with Crippen LogP contribution < -0.4 is 10.3 Å². The molecule has 0 bridgehead atoms. The quantitative estimate of drug-likeness (QED) is 0.429. The Kier molecular flexibility index (Phi) is 4.29. The zero-order valence-electron chi connectivity index (χ0n) is 17.4. The van der Waals surface area contributed by atoms with E-state index < -0.39 is 6.04 Å². The number of rotatable bonds is 2.